The van der Waals surface area contributed by atoms with Gasteiger partial charge in [0.15, 0.2) is 5.82 Å². The quantitative estimate of drug-likeness (QED) is 0.241. The SMILES string of the molecule is COc1cc(N2CCOCC2)c(-c2cnn(C)c2)cc1Nc1ncc(C#N)c(Nc2ccc3nccnc3c2P(C)(C)=O)n1. The van der Waals surface area contributed by atoms with Crippen molar-refractivity contribution in [3.8, 4) is 22.9 Å². The van der Waals surface area contributed by atoms with E-state index in [-0.39, 0.29) is 17.3 Å². The Labute approximate surface area is 254 Å². The fraction of sp³-hybridized carbons (Fsp3) is 0.267. The van der Waals surface area contributed by atoms with Crippen molar-refractivity contribution in [2.45, 2.75) is 0 Å². The van der Waals surface area contributed by atoms with Crippen molar-refractivity contribution in [3.05, 3.63) is 60.8 Å². The molecule has 0 radical (unpaired) electrons. The molecule has 1 aliphatic rings. The van der Waals surface area contributed by atoms with Crippen molar-refractivity contribution < 1.29 is 14.0 Å². The molecule has 1 aliphatic heterocycles. The summed E-state index contributed by atoms with van der Waals surface area (Å²) < 4.78 is 26.6. The normalized spacial score (nSPS) is 13.5. The monoisotopic (exact) mass is 610 g/mol. The molecule has 4 heterocycles. The van der Waals surface area contributed by atoms with Gasteiger partial charge in [-0.2, -0.15) is 15.3 Å². The highest BCUT2D eigenvalue weighted by Crippen LogP contribution is 2.42. The molecule has 0 aliphatic carbocycles. The van der Waals surface area contributed by atoms with Gasteiger partial charge in [0.2, 0.25) is 5.95 Å². The molecule has 1 saturated heterocycles. The van der Waals surface area contributed by atoms with Crippen LogP contribution in [0.2, 0.25) is 0 Å². The summed E-state index contributed by atoms with van der Waals surface area (Å²) in [6.07, 6.45) is 8.37. The Kier molecular flexibility index (Phi) is 7.86. The standard InChI is InChI=1S/C30H31N10O3P/c1-39-18-20(17-35-39)21-13-24(26(42-2)14-25(21)40-9-11-43-12-10-40)37-30-34-16-19(15-31)29(38-30)36-23-6-5-22-27(33-8-7-32-22)28(23)44(3,4)41/h5-8,13-14,16-18H,9-12H2,1-4H3,(H2,34,36,37,38). The van der Waals surface area contributed by atoms with E-state index in [1.54, 1.807) is 49.6 Å². The minimum absolute atomic E-state index is 0.216. The molecular weight excluding hydrogens is 579 g/mol. The van der Waals surface area contributed by atoms with Gasteiger partial charge in [-0.15, -0.1) is 0 Å². The van der Waals surface area contributed by atoms with Gasteiger partial charge < -0.3 is 29.6 Å². The lowest BCUT2D eigenvalue weighted by Gasteiger charge is -2.31. The summed E-state index contributed by atoms with van der Waals surface area (Å²) in [5.41, 5.74) is 5.43. The second-order valence-electron chi connectivity index (χ2n) is 10.6. The lowest BCUT2D eigenvalue weighted by atomic mass is 10.0. The minimum atomic E-state index is -2.83. The first-order valence-corrected chi connectivity index (χ1v) is 16.5. The van der Waals surface area contributed by atoms with E-state index in [1.807, 2.05) is 31.6 Å². The van der Waals surface area contributed by atoms with Gasteiger partial charge in [0, 0.05) is 61.6 Å². The third-order valence-corrected chi connectivity index (χ3v) is 8.78. The third kappa shape index (κ3) is 5.77. The molecule has 2 aromatic carbocycles. The smallest absolute Gasteiger partial charge is 0.229 e. The summed E-state index contributed by atoms with van der Waals surface area (Å²) in [7, 11) is 0.656. The highest BCUT2D eigenvalue weighted by molar-refractivity contribution is 7.71. The number of hydrogen-bond acceptors (Lipinski definition) is 12. The van der Waals surface area contributed by atoms with Crippen LogP contribution in [0, 0.1) is 11.3 Å². The van der Waals surface area contributed by atoms with Crippen LogP contribution in [0.1, 0.15) is 5.56 Å². The van der Waals surface area contributed by atoms with Crippen LogP contribution in [0.25, 0.3) is 22.2 Å². The summed E-state index contributed by atoms with van der Waals surface area (Å²) in [6.45, 7) is 6.13. The Balaban J connectivity index is 1.40. The second kappa shape index (κ2) is 11.9. The number of methoxy groups -OCH3 is 1. The Hall–Kier alpha value is -5.05. The Bertz CT molecular complexity index is 1940. The zero-order valence-electron chi connectivity index (χ0n) is 24.8. The first-order valence-electron chi connectivity index (χ1n) is 13.9. The van der Waals surface area contributed by atoms with Gasteiger partial charge in [-0.3, -0.25) is 14.6 Å². The number of hydrogen-bond donors (Lipinski definition) is 2. The topological polar surface area (TPSA) is 156 Å². The van der Waals surface area contributed by atoms with Gasteiger partial charge >= 0.3 is 0 Å². The van der Waals surface area contributed by atoms with Crippen molar-refractivity contribution in [1.82, 2.24) is 29.7 Å². The van der Waals surface area contributed by atoms with E-state index >= 15 is 0 Å². The van der Waals surface area contributed by atoms with Crippen LogP contribution in [-0.2, 0) is 16.3 Å². The van der Waals surface area contributed by atoms with Crippen LogP contribution in [0.3, 0.4) is 0 Å². The number of fused-ring (bicyclic) bond motifs is 1. The van der Waals surface area contributed by atoms with Gasteiger partial charge in [-0.25, -0.2) is 4.98 Å². The molecule has 0 spiro atoms. The predicted octanol–water partition coefficient (Wildman–Crippen LogP) is 4.27. The molecule has 0 saturated carbocycles. The zero-order valence-corrected chi connectivity index (χ0v) is 25.7. The molecular formula is C30H31N10O3P. The van der Waals surface area contributed by atoms with E-state index < -0.39 is 7.14 Å². The molecule has 2 N–H and O–H groups in total. The van der Waals surface area contributed by atoms with Crippen molar-refractivity contribution in [2.75, 3.05) is 62.3 Å². The minimum Gasteiger partial charge on any atom is -0.494 e. The molecule has 13 nitrogen and oxygen atoms in total. The molecule has 0 amide bonds. The van der Waals surface area contributed by atoms with E-state index in [9.17, 15) is 9.83 Å². The van der Waals surface area contributed by atoms with Crippen molar-refractivity contribution in [3.63, 3.8) is 0 Å². The van der Waals surface area contributed by atoms with Crippen molar-refractivity contribution >= 4 is 52.3 Å². The fourth-order valence-electron chi connectivity index (χ4n) is 5.23. The van der Waals surface area contributed by atoms with E-state index in [2.05, 4.69) is 46.6 Å². The van der Waals surface area contributed by atoms with Crippen LogP contribution >= 0.6 is 7.14 Å². The lowest BCUT2D eigenvalue weighted by molar-refractivity contribution is 0.122. The Morgan fingerprint density at radius 1 is 1.05 bits per heavy atom. The van der Waals surface area contributed by atoms with E-state index in [0.717, 1.165) is 29.9 Å². The second-order valence-corrected chi connectivity index (χ2v) is 13.8. The van der Waals surface area contributed by atoms with Crippen molar-refractivity contribution in [2.24, 2.45) is 7.05 Å². The van der Waals surface area contributed by atoms with Crippen LogP contribution < -0.4 is 25.6 Å². The van der Waals surface area contributed by atoms with Crippen LogP contribution in [0.5, 0.6) is 5.75 Å². The number of morpholine rings is 1. The lowest BCUT2D eigenvalue weighted by Crippen LogP contribution is -2.36. The number of rotatable bonds is 8. The molecule has 14 heteroatoms. The van der Waals surface area contributed by atoms with E-state index in [1.165, 1.54) is 6.20 Å². The van der Waals surface area contributed by atoms with Gasteiger partial charge in [-0.05, 0) is 31.5 Å². The van der Waals surface area contributed by atoms with Gasteiger partial charge in [-0.1, -0.05) is 0 Å². The summed E-state index contributed by atoms with van der Waals surface area (Å²) in [5.74, 6) is 1.08. The van der Waals surface area contributed by atoms with Gasteiger partial charge in [0.1, 0.15) is 30.0 Å². The van der Waals surface area contributed by atoms with E-state index in [0.29, 0.717) is 46.7 Å². The number of nitrogens with zero attached hydrogens (tertiary/aromatic N) is 8. The zero-order chi connectivity index (χ0) is 30.8. The number of aryl methyl sites for hydroxylation is 1. The molecule has 0 unspecified atom stereocenters. The summed E-state index contributed by atoms with van der Waals surface area (Å²) in [4.78, 5) is 20.1. The highest BCUT2D eigenvalue weighted by atomic mass is 31.2. The summed E-state index contributed by atoms with van der Waals surface area (Å²) in [5, 5.41) is 21.3. The predicted molar refractivity (Wildman–Crippen MR) is 170 cm³/mol. The number of benzene rings is 2. The number of aromatic nitrogens is 6. The Morgan fingerprint density at radius 3 is 2.55 bits per heavy atom. The average molecular weight is 611 g/mol. The maximum Gasteiger partial charge on any atom is 0.229 e. The maximum absolute atomic E-state index is 13.4. The van der Waals surface area contributed by atoms with Crippen LogP contribution in [0.4, 0.5) is 28.8 Å². The maximum atomic E-state index is 13.4. The molecule has 1 fully saturated rings. The molecule has 6 rings (SSSR count). The van der Waals surface area contributed by atoms with Crippen LogP contribution in [0.15, 0.2) is 55.2 Å². The first kappa shape index (κ1) is 29.0. The molecule has 0 atom stereocenters. The molecule has 0 bridgehead atoms. The molecule has 44 heavy (non-hydrogen) atoms. The number of nitriles is 1. The first-order chi connectivity index (χ1) is 21.2. The molecule has 3 aromatic heterocycles. The third-order valence-electron chi connectivity index (χ3n) is 7.25. The van der Waals surface area contributed by atoms with Gasteiger partial charge in [0.25, 0.3) is 0 Å². The summed E-state index contributed by atoms with van der Waals surface area (Å²) >= 11 is 0. The van der Waals surface area contributed by atoms with Crippen molar-refractivity contribution in [1.29, 1.82) is 5.26 Å². The number of nitrogens with one attached hydrogen (secondary N) is 2. The number of ether oxygens (including phenoxy) is 2. The highest BCUT2D eigenvalue weighted by Gasteiger charge is 2.24. The summed E-state index contributed by atoms with van der Waals surface area (Å²) in [6, 6.07) is 9.68. The van der Waals surface area contributed by atoms with E-state index in [4.69, 9.17) is 9.47 Å². The fourth-order valence-corrected chi connectivity index (χ4v) is 6.62. The van der Waals surface area contributed by atoms with Crippen LogP contribution in [-0.4, -0.2) is 76.5 Å². The van der Waals surface area contributed by atoms with Gasteiger partial charge in [0.05, 0.1) is 54.9 Å². The Morgan fingerprint density at radius 2 is 1.84 bits per heavy atom. The molecule has 5 aromatic rings. The molecule has 224 valence electrons. The average Bonchev–Trinajstić information content (AvgIpc) is 3.46. The number of anilines is 5. The largest absolute Gasteiger partial charge is 0.494 e.